The van der Waals surface area contributed by atoms with Gasteiger partial charge in [-0.25, -0.2) is 4.98 Å². The number of hydrogen-bond acceptors (Lipinski definition) is 4. The number of carbonyl (C=O) groups is 2. The highest BCUT2D eigenvalue weighted by atomic mass is 32.1. The lowest BCUT2D eigenvalue weighted by Crippen LogP contribution is -2.38. The number of nitrogens with zero attached hydrogens (tertiary/aromatic N) is 2. The van der Waals surface area contributed by atoms with E-state index in [4.69, 9.17) is 0 Å². The Labute approximate surface area is 165 Å². The number of aromatic nitrogens is 1. The average molecular weight is 413 g/mol. The number of rotatable bonds is 8. The zero-order valence-corrected chi connectivity index (χ0v) is 16.5. The minimum absolute atomic E-state index is 0.0933. The molecule has 0 saturated carbocycles. The Kier molecular flexibility index (Phi) is 7.56. The van der Waals surface area contributed by atoms with Gasteiger partial charge in [0.05, 0.1) is 5.56 Å². The minimum Gasteiger partial charge on any atom is -0.329 e. The van der Waals surface area contributed by atoms with Crippen LogP contribution in [-0.4, -0.2) is 34.8 Å². The van der Waals surface area contributed by atoms with Gasteiger partial charge in [0.1, 0.15) is 6.54 Å². The lowest BCUT2D eigenvalue weighted by atomic mass is 10.1. The van der Waals surface area contributed by atoms with Crippen molar-refractivity contribution >= 4 is 28.3 Å². The van der Waals surface area contributed by atoms with Crippen LogP contribution < -0.4 is 5.32 Å². The van der Waals surface area contributed by atoms with Crippen molar-refractivity contribution in [3.05, 3.63) is 46.5 Å². The molecular weight excluding hydrogens is 391 g/mol. The molecule has 0 fully saturated rings. The van der Waals surface area contributed by atoms with E-state index < -0.39 is 23.6 Å². The van der Waals surface area contributed by atoms with E-state index in [9.17, 15) is 22.8 Å². The van der Waals surface area contributed by atoms with Crippen molar-refractivity contribution < 1.29 is 22.8 Å². The van der Waals surface area contributed by atoms with Crippen LogP contribution in [0.15, 0.2) is 30.5 Å². The number of benzene rings is 1. The number of alkyl halides is 3. The molecule has 0 spiro atoms. The van der Waals surface area contributed by atoms with Gasteiger partial charge in [-0.15, -0.1) is 11.3 Å². The molecule has 0 aliphatic carbocycles. The second-order valence-electron chi connectivity index (χ2n) is 6.34. The molecule has 0 atom stereocenters. The molecule has 2 amide bonds. The Balaban J connectivity index is 2.14. The normalized spacial score (nSPS) is 11.3. The number of carbonyl (C=O) groups excluding carboxylic acids is 2. The van der Waals surface area contributed by atoms with Crippen LogP contribution in [0.4, 0.5) is 18.3 Å². The minimum atomic E-state index is -4.54. The first-order chi connectivity index (χ1) is 13.2. The molecular formula is C19H22F3N3O2S. The van der Waals surface area contributed by atoms with E-state index in [0.29, 0.717) is 11.6 Å². The van der Waals surface area contributed by atoms with Crippen LogP contribution in [0.25, 0.3) is 0 Å². The number of unbranched alkanes of at least 4 members (excludes halogenated alkanes) is 2. The third-order valence-corrected chi connectivity index (χ3v) is 4.79. The van der Waals surface area contributed by atoms with E-state index >= 15 is 0 Å². The van der Waals surface area contributed by atoms with Crippen LogP contribution in [0.5, 0.6) is 0 Å². The highest BCUT2D eigenvalue weighted by molar-refractivity contribution is 7.15. The summed E-state index contributed by atoms with van der Waals surface area (Å²) >= 11 is 1.30. The SMILES string of the molecule is CCCCCN(CC(=O)Nc1ncc(C)s1)C(=O)c1cccc(C(F)(F)F)c1. The number of anilines is 1. The number of thiazole rings is 1. The molecule has 5 nitrogen and oxygen atoms in total. The molecule has 1 heterocycles. The molecule has 0 aliphatic heterocycles. The lowest BCUT2D eigenvalue weighted by molar-refractivity contribution is -0.137. The number of halogens is 3. The first-order valence-electron chi connectivity index (χ1n) is 8.89. The summed E-state index contributed by atoms with van der Waals surface area (Å²) in [4.78, 5) is 31.3. The van der Waals surface area contributed by atoms with E-state index in [0.717, 1.165) is 29.9 Å². The molecule has 152 valence electrons. The molecule has 28 heavy (non-hydrogen) atoms. The van der Waals surface area contributed by atoms with Gasteiger partial charge in [0.25, 0.3) is 5.91 Å². The van der Waals surface area contributed by atoms with Gasteiger partial charge in [0.2, 0.25) is 5.91 Å². The van der Waals surface area contributed by atoms with Crippen molar-refractivity contribution in [3.63, 3.8) is 0 Å². The largest absolute Gasteiger partial charge is 0.416 e. The van der Waals surface area contributed by atoms with Gasteiger partial charge in [0.15, 0.2) is 5.13 Å². The maximum atomic E-state index is 12.9. The Bertz CT molecular complexity index is 821. The summed E-state index contributed by atoms with van der Waals surface area (Å²) in [6.07, 6.45) is -0.503. The summed E-state index contributed by atoms with van der Waals surface area (Å²) in [6, 6.07) is 4.25. The van der Waals surface area contributed by atoms with Gasteiger partial charge >= 0.3 is 6.18 Å². The molecule has 0 aliphatic rings. The summed E-state index contributed by atoms with van der Waals surface area (Å²) in [6.45, 7) is 3.88. The molecule has 1 N–H and O–H groups in total. The van der Waals surface area contributed by atoms with E-state index in [1.54, 1.807) is 6.20 Å². The summed E-state index contributed by atoms with van der Waals surface area (Å²) in [5, 5.41) is 3.04. The number of amides is 2. The molecule has 0 radical (unpaired) electrons. The Morgan fingerprint density at radius 3 is 2.61 bits per heavy atom. The Hall–Kier alpha value is -2.42. The third-order valence-electron chi connectivity index (χ3n) is 3.96. The van der Waals surface area contributed by atoms with E-state index in [-0.39, 0.29) is 18.7 Å². The second kappa shape index (κ2) is 9.68. The maximum absolute atomic E-state index is 12.9. The Morgan fingerprint density at radius 1 is 1.25 bits per heavy atom. The van der Waals surface area contributed by atoms with Gasteiger partial charge in [-0.05, 0) is 31.5 Å². The monoisotopic (exact) mass is 413 g/mol. The van der Waals surface area contributed by atoms with E-state index in [1.165, 1.54) is 28.4 Å². The summed E-state index contributed by atoms with van der Waals surface area (Å²) in [7, 11) is 0. The highest BCUT2D eigenvalue weighted by Gasteiger charge is 2.31. The summed E-state index contributed by atoms with van der Waals surface area (Å²) in [5.41, 5.74) is -0.987. The van der Waals surface area contributed by atoms with Crippen LogP contribution in [0.1, 0.15) is 47.0 Å². The maximum Gasteiger partial charge on any atom is 0.416 e. The van der Waals surface area contributed by atoms with Crippen LogP contribution in [-0.2, 0) is 11.0 Å². The van der Waals surface area contributed by atoms with E-state index in [2.05, 4.69) is 10.3 Å². The van der Waals surface area contributed by atoms with Crippen LogP contribution in [0, 0.1) is 6.92 Å². The van der Waals surface area contributed by atoms with Crippen molar-refractivity contribution in [2.75, 3.05) is 18.4 Å². The molecule has 9 heteroatoms. The van der Waals surface area contributed by atoms with Crippen LogP contribution >= 0.6 is 11.3 Å². The fourth-order valence-corrected chi connectivity index (χ4v) is 3.24. The predicted molar refractivity (Wildman–Crippen MR) is 102 cm³/mol. The quantitative estimate of drug-likeness (QED) is 0.636. The molecule has 0 unspecified atom stereocenters. The molecule has 1 aromatic heterocycles. The number of nitrogens with one attached hydrogen (secondary N) is 1. The van der Waals surface area contributed by atoms with Crippen LogP contribution in [0.3, 0.4) is 0 Å². The molecule has 0 saturated heterocycles. The summed E-state index contributed by atoms with van der Waals surface area (Å²) < 4.78 is 38.8. The predicted octanol–water partition coefficient (Wildman–Crippen LogP) is 4.74. The Morgan fingerprint density at radius 2 is 2.00 bits per heavy atom. The average Bonchev–Trinajstić information content (AvgIpc) is 3.04. The standard InChI is InChI=1S/C19H22F3N3O2S/c1-3-4-5-9-25(12-16(26)24-18-23-11-13(2)28-18)17(27)14-7-6-8-15(10-14)19(20,21)22/h6-8,10-11H,3-5,9,12H2,1-2H3,(H,23,24,26). The van der Waals surface area contributed by atoms with Crippen molar-refractivity contribution in [3.8, 4) is 0 Å². The first-order valence-corrected chi connectivity index (χ1v) is 9.71. The van der Waals surface area contributed by atoms with E-state index in [1.807, 2.05) is 13.8 Å². The fraction of sp³-hybridized carbons (Fsp3) is 0.421. The van der Waals surface area contributed by atoms with Gasteiger partial charge < -0.3 is 10.2 Å². The van der Waals surface area contributed by atoms with Gasteiger partial charge in [-0.1, -0.05) is 25.8 Å². The molecule has 0 bridgehead atoms. The zero-order chi connectivity index (χ0) is 20.7. The molecule has 1 aromatic carbocycles. The van der Waals surface area contributed by atoms with Crippen molar-refractivity contribution in [1.82, 2.24) is 9.88 Å². The summed E-state index contributed by atoms with van der Waals surface area (Å²) in [5.74, 6) is -1.04. The number of aryl methyl sites for hydroxylation is 1. The molecule has 2 aromatic rings. The fourth-order valence-electron chi connectivity index (χ4n) is 2.56. The smallest absolute Gasteiger partial charge is 0.329 e. The van der Waals surface area contributed by atoms with Crippen molar-refractivity contribution in [2.45, 2.75) is 39.3 Å². The third kappa shape index (κ3) is 6.33. The molecule has 2 rings (SSSR count). The van der Waals surface area contributed by atoms with Gasteiger partial charge in [-0.3, -0.25) is 9.59 Å². The first kappa shape index (κ1) is 21.9. The second-order valence-corrected chi connectivity index (χ2v) is 7.57. The topological polar surface area (TPSA) is 62.3 Å². The highest BCUT2D eigenvalue weighted by Crippen LogP contribution is 2.29. The van der Waals surface area contributed by atoms with Crippen molar-refractivity contribution in [1.29, 1.82) is 0 Å². The van der Waals surface area contributed by atoms with Gasteiger partial charge in [0, 0.05) is 23.2 Å². The zero-order valence-electron chi connectivity index (χ0n) is 15.7. The van der Waals surface area contributed by atoms with Crippen molar-refractivity contribution in [2.24, 2.45) is 0 Å². The lowest BCUT2D eigenvalue weighted by Gasteiger charge is -2.22. The number of hydrogen-bond donors (Lipinski definition) is 1. The van der Waals surface area contributed by atoms with Gasteiger partial charge in [-0.2, -0.15) is 13.2 Å². The van der Waals surface area contributed by atoms with Crippen LogP contribution in [0.2, 0.25) is 0 Å².